The molecule has 1 aromatic rings. The third-order valence-corrected chi connectivity index (χ3v) is 2.94. The van der Waals surface area contributed by atoms with Crippen LogP contribution >= 0.6 is 0 Å². The van der Waals surface area contributed by atoms with Gasteiger partial charge in [-0.25, -0.2) is 0 Å². The van der Waals surface area contributed by atoms with Crippen molar-refractivity contribution in [2.75, 3.05) is 6.54 Å². The van der Waals surface area contributed by atoms with E-state index in [9.17, 15) is 0 Å². The molecular weight excluding hydrogens is 162 g/mol. The van der Waals surface area contributed by atoms with Gasteiger partial charge in [-0.3, -0.25) is 4.98 Å². The number of rotatable bonds is 0. The Balaban J connectivity index is 2.17. The van der Waals surface area contributed by atoms with Crippen molar-refractivity contribution in [1.82, 2.24) is 15.6 Å². The van der Waals surface area contributed by atoms with Crippen molar-refractivity contribution < 1.29 is 0 Å². The van der Waals surface area contributed by atoms with Gasteiger partial charge in [-0.05, 0) is 29.7 Å². The van der Waals surface area contributed by atoms with Crippen LogP contribution in [0, 0.1) is 0 Å². The molecule has 0 amide bonds. The fourth-order valence-electron chi connectivity index (χ4n) is 2.24. The summed E-state index contributed by atoms with van der Waals surface area (Å²) in [5, 5.41) is 6.73. The highest BCUT2D eigenvalue weighted by atomic mass is 14.9. The normalized spacial score (nSPS) is 19.7. The lowest BCUT2D eigenvalue weighted by Gasteiger charge is -2.18. The monoisotopic (exact) mass is 175 g/mol. The van der Waals surface area contributed by atoms with Gasteiger partial charge in [0.25, 0.3) is 0 Å². The molecule has 2 aliphatic rings. The van der Waals surface area contributed by atoms with E-state index in [1.165, 1.54) is 22.4 Å². The SMILES string of the molecule is c1nc2c(c3c1CNC3)CCNC2. The second-order valence-electron chi connectivity index (χ2n) is 3.72. The maximum Gasteiger partial charge on any atom is 0.0577 e. The Morgan fingerprint density at radius 1 is 1.08 bits per heavy atom. The molecule has 13 heavy (non-hydrogen) atoms. The molecule has 3 rings (SSSR count). The van der Waals surface area contributed by atoms with Gasteiger partial charge >= 0.3 is 0 Å². The third-order valence-electron chi connectivity index (χ3n) is 2.94. The van der Waals surface area contributed by atoms with E-state index in [1.807, 2.05) is 6.20 Å². The summed E-state index contributed by atoms with van der Waals surface area (Å²) < 4.78 is 0. The lowest BCUT2D eigenvalue weighted by atomic mass is 9.98. The maximum absolute atomic E-state index is 4.49. The fourth-order valence-corrected chi connectivity index (χ4v) is 2.24. The number of aromatic nitrogens is 1. The highest BCUT2D eigenvalue weighted by molar-refractivity contribution is 5.40. The molecule has 0 radical (unpaired) electrons. The van der Waals surface area contributed by atoms with Crippen LogP contribution in [0.4, 0.5) is 0 Å². The van der Waals surface area contributed by atoms with Crippen molar-refractivity contribution in [3.05, 3.63) is 28.6 Å². The van der Waals surface area contributed by atoms with E-state index >= 15 is 0 Å². The molecule has 3 nitrogen and oxygen atoms in total. The molecule has 0 unspecified atom stereocenters. The van der Waals surface area contributed by atoms with E-state index in [4.69, 9.17) is 0 Å². The molecule has 1 aromatic heterocycles. The smallest absolute Gasteiger partial charge is 0.0577 e. The molecule has 0 bridgehead atoms. The zero-order chi connectivity index (χ0) is 8.67. The minimum atomic E-state index is 0.947. The lowest BCUT2D eigenvalue weighted by Crippen LogP contribution is -2.25. The standard InChI is InChI=1S/C10H13N3/c1-2-11-6-10-8(1)9-5-12-3-7(9)4-13-10/h4,11-12H,1-3,5-6H2. The predicted octanol–water partition coefficient (Wildman–Crippen LogP) is 0.330. The molecule has 0 aliphatic carbocycles. The summed E-state index contributed by atoms with van der Waals surface area (Å²) in [7, 11) is 0. The lowest BCUT2D eigenvalue weighted by molar-refractivity contribution is 0.622. The average Bonchev–Trinajstić information content (AvgIpc) is 2.65. The number of hydrogen-bond acceptors (Lipinski definition) is 3. The molecule has 3 heterocycles. The molecule has 0 saturated carbocycles. The number of pyridine rings is 1. The van der Waals surface area contributed by atoms with Gasteiger partial charge in [-0.1, -0.05) is 0 Å². The first-order valence-corrected chi connectivity index (χ1v) is 4.85. The highest BCUT2D eigenvalue weighted by Crippen LogP contribution is 2.23. The van der Waals surface area contributed by atoms with Crippen LogP contribution in [-0.4, -0.2) is 11.5 Å². The number of fused-ring (bicyclic) bond motifs is 3. The molecule has 2 N–H and O–H groups in total. The molecule has 0 spiro atoms. The summed E-state index contributed by atoms with van der Waals surface area (Å²) in [6.07, 6.45) is 3.17. The molecule has 0 atom stereocenters. The molecule has 68 valence electrons. The Kier molecular flexibility index (Phi) is 1.60. The van der Waals surface area contributed by atoms with Crippen LogP contribution in [0.5, 0.6) is 0 Å². The van der Waals surface area contributed by atoms with Crippen LogP contribution in [0.1, 0.15) is 22.4 Å². The van der Waals surface area contributed by atoms with Gasteiger partial charge in [0.2, 0.25) is 0 Å². The van der Waals surface area contributed by atoms with Crippen molar-refractivity contribution in [1.29, 1.82) is 0 Å². The Morgan fingerprint density at radius 3 is 3.08 bits per heavy atom. The van der Waals surface area contributed by atoms with Gasteiger partial charge in [0.1, 0.15) is 0 Å². The largest absolute Gasteiger partial charge is 0.311 e. The Morgan fingerprint density at radius 2 is 2.08 bits per heavy atom. The number of hydrogen-bond donors (Lipinski definition) is 2. The van der Waals surface area contributed by atoms with Crippen molar-refractivity contribution in [2.24, 2.45) is 0 Å². The zero-order valence-electron chi connectivity index (χ0n) is 7.56. The van der Waals surface area contributed by atoms with E-state index in [2.05, 4.69) is 15.6 Å². The summed E-state index contributed by atoms with van der Waals surface area (Å²) in [5.74, 6) is 0. The van der Waals surface area contributed by atoms with Crippen molar-refractivity contribution in [3.63, 3.8) is 0 Å². The fraction of sp³-hybridized carbons (Fsp3) is 0.500. The van der Waals surface area contributed by atoms with Crippen LogP contribution in [0.25, 0.3) is 0 Å². The summed E-state index contributed by atoms with van der Waals surface area (Å²) in [5.41, 5.74) is 5.68. The molecule has 2 aliphatic heterocycles. The maximum atomic E-state index is 4.49. The second-order valence-corrected chi connectivity index (χ2v) is 3.72. The summed E-state index contributed by atoms with van der Waals surface area (Å²) in [4.78, 5) is 4.49. The summed E-state index contributed by atoms with van der Waals surface area (Å²) >= 11 is 0. The first-order chi connectivity index (χ1) is 6.45. The van der Waals surface area contributed by atoms with Gasteiger partial charge in [-0.2, -0.15) is 0 Å². The van der Waals surface area contributed by atoms with Gasteiger partial charge < -0.3 is 10.6 Å². The van der Waals surface area contributed by atoms with E-state index in [0.717, 1.165) is 32.6 Å². The second kappa shape index (κ2) is 2.79. The average molecular weight is 175 g/mol. The first kappa shape index (κ1) is 7.47. The minimum absolute atomic E-state index is 0.947. The number of nitrogens with zero attached hydrogens (tertiary/aromatic N) is 1. The van der Waals surface area contributed by atoms with Crippen LogP contribution in [0.15, 0.2) is 6.20 Å². The number of nitrogens with one attached hydrogen (secondary N) is 2. The van der Waals surface area contributed by atoms with Crippen LogP contribution in [0.3, 0.4) is 0 Å². The molecule has 3 heteroatoms. The Labute approximate surface area is 77.6 Å². The summed E-state index contributed by atoms with van der Waals surface area (Å²) in [6, 6.07) is 0. The van der Waals surface area contributed by atoms with Gasteiger partial charge in [0.05, 0.1) is 5.69 Å². The third kappa shape index (κ3) is 1.08. The molecular formula is C10H13N3. The molecule has 0 fully saturated rings. The van der Waals surface area contributed by atoms with E-state index in [-0.39, 0.29) is 0 Å². The zero-order valence-corrected chi connectivity index (χ0v) is 7.56. The Bertz CT molecular complexity index is 346. The van der Waals surface area contributed by atoms with E-state index in [1.54, 1.807) is 0 Å². The molecule has 0 saturated heterocycles. The van der Waals surface area contributed by atoms with E-state index in [0.29, 0.717) is 0 Å². The Hall–Kier alpha value is -0.930. The predicted molar refractivity (Wildman–Crippen MR) is 50.2 cm³/mol. The quantitative estimate of drug-likeness (QED) is 0.596. The van der Waals surface area contributed by atoms with Crippen LogP contribution in [0.2, 0.25) is 0 Å². The first-order valence-electron chi connectivity index (χ1n) is 4.85. The van der Waals surface area contributed by atoms with Crippen molar-refractivity contribution >= 4 is 0 Å². The van der Waals surface area contributed by atoms with Gasteiger partial charge in [0.15, 0.2) is 0 Å². The summed E-state index contributed by atoms with van der Waals surface area (Å²) in [6.45, 7) is 4.09. The van der Waals surface area contributed by atoms with Crippen molar-refractivity contribution in [3.8, 4) is 0 Å². The van der Waals surface area contributed by atoms with Crippen LogP contribution in [-0.2, 0) is 26.1 Å². The topological polar surface area (TPSA) is 37.0 Å². The van der Waals surface area contributed by atoms with Crippen molar-refractivity contribution in [2.45, 2.75) is 26.1 Å². The molecule has 0 aromatic carbocycles. The van der Waals surface area contributed by atoms with E-state index < -0.39 is 0 Å². The highest BCUT2D eigenvalue weighted by Gasteiger charge is 2.19. The minimum Gasteiger partial charge on any atom is -0.311 e. The van der Waals surface area contributed by atoms with Gasteiger partial charge in [0, 0.05) is 25.8 Å². The van der Waals surface area contributed by atoms with Gasteiger partial charge in [-0.15, -0.1) is 0 Å². The van der Waals surface area contributed by atoms with Crippen LogP contribution < -0.4 is 10.6 Å².